The highest BCUT2D eigenvalue weighted by atomic mass is 16.1. The number of pyridine rings is 2. The summed E-state index contributed by atoms with van der Waals surface area (Å²) in [5, 5.41) is 9.14. The number of rotatable bonds is 3. The summed E-state index contributed by atoms with van der Waals surface area (Å²) in [6.07, 6.45) is 10.2. The zero-order valence-corrected chi connectivity index (χ0v) is 15.7. The molecule has 27 heavy (non-hydrogen) atoms. The fourth-order valence-corrected chi connectivity index (χ4v) is 3.55. The lowest BCUT2D eigenvalue weighted by Crippen LogP contribution is -2.25. The van der Waals surface area contributed by atoms with Crippen molar-refractivity contribution in [2.24, 2.45) is 13.0 Å². The summed E-state index contributed by atoms with van der Waals surface area (Å²) in [7, 11) is 3.99. The van der Waals surface area contributed by atoms with Gasteiger partial charge >= 0.3 is 0 Å². The van der Waals surface area contributed by atoms with Gasteiger partial charge in [-0.1, -0.05) is 0 Å². The van der Waals surface area contributed by atoms with E-state index in [2.05, 4.69) is 32.3 Å². The molecule has 140 valence electrons. The van der Waals surface area contributed by atoms with Gasteiger partial charge in [0.25, 0.3) is 0 Å². The van der Waals surface area contributed by atoms with Crippen molar-refractivity contribution < 1.29 is 4.79 Å². The van der Waals surface area contributed by atoms with E-state index in [9.17, 15) is 4.79 Å². The van der Waals surface area contributed by atoms with Gasteiger partial charge < -0.3 is 10.2 Å². The number of anilines is 1. The number of hydrogen-bond acceptors (Lipinski definition) is 5. The number of fused-ring (bicyclic) bond motifs is 1. The van der Waals surface area contributed by atoms with Crippen LogP contribution >= 0.6 is 0 Å². The molecule has 0 bridgehead atoms. The first-order valence-corrected chi connectivity index (χ1v) is 9.33. The van der Waals surface area contributed by atoms with E-state index in [-0.39, 0.29) is 11.8 Å². The van der Waals surface area contributed by atoms with Gasteiger partial charge in [-0.15, -0.1) is 0 Å². The Morgan fingerprint density at radius 3 is 2.74 bits per heavy atom. The predicted octanol–water partition coefficient (Wildman–Crippen LogP) is 2.70. The third-order valence-corrected chi connectivity index (χ3v) is 5.18. The topological polar surface area (TPSA) is 75.9 Å². The van der Waals surface area contributed by atoms with Gasteiger partial charge in [-0.3, -0.25) is 14.5 Å². The highest BCUT2D eigenvalue weighted by molar-refractivity contribution is 5.94. The smallest absolute Gasteiger partial charge is 0.228 e. The molecule has 0 radical (unpaired) electrons. The summed E-state index contributed by atoms with van der Waals surface area (Å²) < 4.78 is 1.75. The predicted molar refractivity (Wildman–Crippen MR) is 105 cm³/mol. The number of nitrogens with zero attached hydrogens (tertiary/aromatic N) is 5. The van der Waals surface area contributed by atoms with E-state index in [1.165, 1.54) is 0 Å². The molecule has 4 heterocycles. The van der Waals surface area contributed by atoms with Crippen molar-refractivity contribution in [3.8, 4) is 11.3 Å². The Morgan fingerprint density at radius 1 is 1.07 bits per heavy atom. The minimum Gasteiger partial charge on any atom is -0.310 e. The van der Waals surface area contributed by atoms with Crippen LogP contribution in [-0.2, 0) is 11.8 Å². The van der Waals surface area contributed by atoms with Gasteiger partial charge in [-0.2, -0.15) is 5.10 Å². The zero-order valence-electron chi connectivity index (χ0n) is 15.7. The zero-order chi connectivity index (χ0) is 18.8. The molecule has 1 aliphatic rings. The highest BCUT2D eigenvalue weighted by Gasteiger charge is 2.22. The number of aryl methyl sites for hydroxylation is 1. The average Bonchev–Trinajstić information content (AvgIpc) is 2.98. The van der Waals surface area contributed by atoms with Crippen LogP contribution in [0.2, 0.25) is 0 Å². The maximum atomic E-state index is 12.7. The van der Waals surface area contributed by atoms with Crippen molar-refractivity contribution in [3.63, 3.8) is 0 Å². The first kappa shape index (κ1) is 17.6. The Balaban J connectivity index is 1.54. The molecule has 1 unspecified atom stereocenters. The summed E-state index contributed by atoms with van der Waals surface area (Å²) >= 11 is 0. The molecule has 4 rings (SSSR count). The molecule has 0 aliphatic carbocycles. The maximum absolute atomic E-state index is 12.7. The van der Waals surface area contributed by atoms with E-state index in [1.54, 1.807) is 23.3 Å². The SMILES string of the molecule is CN1CCCC(C(=O)Nc2cc3cc(-c4cnn(C)c4)ncc3cn2)CC1. The third kappa shape index (κ3) is 3.98. The molecule has 7 nitrogen and oxygen atoms in total. The number of hydrogen-bond donors (Lipinski definition) is 1. The number of carbonyl (C=O) groups is 1. The van der Waals surface area contributed by atoms with Crippen LogP contribution in [0.3, 0.4) is 0 Å². The van der Waals surface area contributed by atoms with Crippen LogP contribution in [0.5, 0.6) is 0 Å². The molecule has 3 aromatic rings. The fraction of sp³-hybridized carbons (Fsp3) is 0.400. The third-order valence-electron chi connectivity index (χ3n) is 5.18. The molecule has 1 aliphatic heterocycles. The molecule has 0 aromatic carbocycles. The Kier molecular flexibility index (Phi) is 4.85. The number of amides is 1. The second-order valence-corrected chi connectivity index (χ2v) is 7.31. The van der Waals surface area contributed by atoms with Gasteiger partial charge in [-0.25, -0.2) is 4.98 Å². The number of nitrogens with one attached hydrogen (secondary N) is 1. The van der Waals surface area contributed by atoms with Gasteiger partial charge in [0.1, 0.15) is 5.82 Å². The van der Waals surface area contributed by atoms with Crippen molar-refractivity contribution in [3.05, 3.63) is 36.9 Å². The van der Waals surface area contributed by atoms with Gasteiger partial charge in [-0.05, 0) is 56.9 Å². The lowest BCUT2D eigenvalue weighted by atomic mass is 10.00. The van der Waals surface area contributed by atoms with Crippen LogP contribution in [0.4, 0.5) is 5.82 Å². The number of aromatic nitrogens is 4. The Bertz CT molecular complexity index is 966. The summed E-state index contributed by atoms with van der Waals surface area (Å²) in [4.78, 5) is 23.8. The van der Waals surface area contributed by atoms with Gasteiger partial charge in [0, 0.05) is 42.5 Å². The number of carbonyl (C=O) groups excluding carboxylic acids is 1. The quantitative estimate of drug-likeness (QED) is 0.773. The molecule has 1 N–H and O–H groups in total. The highest BCUT2D eigenvalue weighted by Crippen LogP contribution is 2.24. The van der Waals surface area contributed by atoms with Crippen molar-refractivity contribution in [2.75, 3.05) is 25.5 Å². The van der Waals surface area contributed by atoms with E-state index in [1.807, 2.05) is 25.4 Å². The average molecular weight is 364 g/mol. The lowest BCUT2D eigenvalue weighted by molar-refractivity contribution is -0.120. The molecule has 0 spiro atoms. The monoisotopic (exact) mass is 364 g/mol. The van der Waals surface area contributed by atoms with Crippen LogP contribution in [0.1, 0.15) is 19.3 Å². The first-order valence-electron chi connectivity index (χ1n) is 9.33. The van der Waals surface area contributed by atoms with E-state index in [0.29, 0.717) is 5.82 Å². The molecule has 1 amide bonds. The van der Waals surface area contributed by atoms with E-state index < -0.39 is 0 Å². The second-order valence-electron chi connectivity index (χ2n) is 7.31. The molecular formula is C20H24N6O. The van der Waals surface area contributed by atoms with Crippen molar-refractivity contribution in [1.82, 2.24) is 24.6 Å². The van der Waals surface area contributed by atoms with Gasteiger partial charge in [0.15, 0.2) is 0 Å². The standard InChI is InChI=1S/C20H24N6O/c1-25-6-3-4-14(5-7-25)20(27)24-19-9-15-8-18(17-12-23-26(2)13-17)21-10-16(15)11-22-19/h8-14H,3-7H2,1-2H3,(H,22,24,27). The molecule has 3 aromatic heterocycles. The minimum absolute atomic E-state index is 0.0517. The molecule has 7 heteroatoms. The summed E-state index contributed by atoms with van der Waals surface area (Å²) in [6, 6.07) is 3.92. The normalized spacial score (nSPS) is 18.4. The van der Waals surface area contributed by atoms with Crippen molar-refractivity contribution in [1.29, 1.82) is 0 Å². The summed E-state index contributed by atoms with van der Waals surface area (Å²) in [5.74, 6) is 0.711. The Morgan fingerprint density at radius 2 is 1.93 bits per heavy atom. The lowest BCUT2D eigenvalue weighted by Gasteiger charge is -2.15. The maximum Gasteiger partial charge on any atom is 0.228 e. The van der Waals surface area contributed by atoms with E-state index in [0.717, 1.165) is 54.4 Å². The first-order chi connectivity index (χ1) is 13.1. The molecule has 1 saturated heterocycles. The van der Waals surface area contributed by atoms with Crippen LogP contribution in [-0.4, -0.2) is 50.7 Å². The molecule has 1 fully saturated rings. The Hall–Kier alpha value is -2.80. The van der Waals surface area contributed by atoms with Crippen LogP contribution in [0.15, 0.2) is 36.9 Å². The molecule has 0 saturated carbocycles. The van der Waals surface area contributed by atoms with E-state index >= 15 is 0 Å². The van der Waals surface area contributed by atoms with Crippen LogP contribution in [0, 0.1) is 5.92 Å². The van der Waals surface area contributed by atoms with Crippen molar-refractivity contribution >= 4 is 22.5 Å². The number of likely N-dealkylation sites (tertiary alicyclic amines) is 1. The van der Waals surface area contributed by atoms with Gasteiger partial charge in [0.2, 0.25) is 5.91 Å². The summed E-state index contributed by atoms with van der Waals surface area (Å²) in [6.45, 7) is 2.02. The van der Waals surface area contributed by atoms with Crippen LogP contribution in [0.25, 0.3) is 22.0 Å². The van der Waals surface area contributed by atoms with Crippen LogP contribution < -0.4 is 5.32 Å². The van der Waals surface area contributed by atoms with E-state index in [4.69, 9.17) is 0 Å². The second kappa shape index (κ2) is 7.44. The summed E-state index contributed by atoms with van der Waals surface area (Å²) in [5.41, 5.74) is 1.82. The van der Waals surface area contributed by atoms with Gasteiger partial charge in [0.05, 0.1) is 11.9 Å². The Labute approximate surface area is 158 Å². The van der Waals surface area contributed by atoms with Crippen molar-refractivity contribution in [2.45, 2.75) is 19.3 Å². The largest absolute Gasteiger partial charge is 0.310 e. The fourth-order valence-electron chi connectivity index (χ4n) is 3.55. The molecular weight excluding hydrogens is 340 g/mol. The minimum atomic E-state index is 0.0517. The molecule has 1 atom stereocenters.